The van der Waals surface area contributed by atoms with Crippen molar-refractivity contribution in [2.45, 2.75) is 25.0 Å². The van der Waals surface area contributed by atoms with Gasteiger partial charge in [-0.1, -0.05) is 0 Å². The smallest absolute Gasteiger partial charge is 0.236 e. The Balaban J connectivity index is 1.69. The highest BCUT2D eigenvalue weighted by Crippen LogP contribution is 2.30. The first-order valence-electron chi connectivity index (χ1n) is 7.45. The summed E-state index contributed by atoms with van der Waals surface area (Å²) in [6.07, 6.45) is 4.90. The highest BCUT2D eigenvalue weighted by atomic mass is 32.2. The van der Waals surface area contributed by atoms with Gasteiger partial charge >= 0.3 is 0 Å². The molecule has 1 fully saturated rings. The van der Waals surface area contributed by atoms with E-state index in [0.717, 1.165) is 40.7 Å². The van der Waals surface area contributed by atoms with Crippen molar-refractivity contribution in [2.75, 3.05) is 4.72 Å². The normalized spacial score (nSPS) is 15.0. The third-order valence-electron chi connectivity index (χ3n) is 3.92. The Kier molecular flexibility index (Phi) is 3.12. The largest absolute Gasteiger partial charge is 0.354 e. The highest BCUT2D eigenvalue weighted by molar-refractivity contribution is 7.93. The van der Waals surface area contributed by atoms with Gasteiger partial charge < -0.3 is 4.98 Å². The number of hydrogen-bond acceptors (Lipinski definition) is 4. The molecule has 1 aliphatic rings. The number of rotatable bonds is 4. The van der Waals surface area contributed by atoms with E-state index in [1.54, 1.807) is 18.5 Å². The van der Waals surface area contributed by atoms with Crippen LogP contribution in [-0.4, -0.2) is 28.6 Å². The molecule has 3 aromatic heterocycles. The lowest BCUT2D eigenvalue weighted by Crippen LogP contribution is -2.17. The molecule has 0 saturated heterocycles. The number of H-pyrrole nitrogens is 1. The molecular weight excluding hydrogens is 312 g/mol. The summed E-state index contributed by atoms with van der Waals surface area (Å²) in [7, 11) is -3.29. The zero-order valence-corrected chi connectivity index (χ0v) is 13.4. The number of nitrogens with one attached hydrogen (secondary N) is 2. The monoisotopic (exact) mass is 328 g/mol. The van der Waals surface area contributed by atoms with Crippen LogP contribution in [0.25, 0.3) is 22.2 Å². The van der Waals surface area contributed by atoms with Gasteiger partial charge in [0, 0.05) is 40.8 Å². The molecule has 2 N–H and O–H groups in total. The van der Waals surface area contributed by atoms with Crippen LogP contribution in [0.2, 0.25) is 0 Å². The van der Waals surface area contributed by atoms with Crippen LogP contribution >= 0.6 is 0 Å². The molecular formula is C16H16N4O2S. The molecule has 1 aliphatic carbocycles. The highest BCUT2D eigenvalue weighted by Gasteiger charge is 2.35. The van der Waals surface area contributed by atoms with Crippen LogP contribution in [0.1, 0.15) is 18.5 Å². The summed E-state index contributed by atoms with van der Waals surface area (Å²) >= 11 is 0. The minimum absolute atomic E-state index is 0.265. The van der Waals surface area contributed by atoms with Crippen LogP contribution in [0.15, 0.2) is 36.7 Å². The van der Waals surface area contributed by atoms with Gasteiger partial charge in [0.25, 0.3) is 0 Å². The third-order valence-corrected chi connectivity index (χ3v) is 5.76. The minimum atomic E-state index is -3.29. The number of aromatic nitrogens is 3. The second-order valence-corrected chi connectivity index (χ2v) is 7.83. The maximum atomic E-state index is 12.0. The van der Waals surface area contributed by atoms with Crippen LogP contribution < -0.4 is 4.72 Å². The lowest BCUT2D eigenvalue weighted by molar-refractivity contribution is 0.600. The summed E-state index contributed by atoms with van der Waals surface area (Å²) in [6.45, 7) is 1.94. The SMILES string of the molecule is Cc1cc(-c2cc3cnc(NS(=O)(=O)C4CC4)cc3[nH]2)ccn1. The fourth-order valence-electron chi connectivity index (χ4n) is 2.56. The molecule has 6 nitrogen and oxygen atoms in total. The molecule has 3 aromatic rings. The number of pyridine rings is 2. The van der Waals surface area contributed by atoms with Gasteiger partial charge in [-0.2, -0.15) is 0 Å². The van der Waals surface area contributed by atoms with Crippen LogP contribution in [0, 0.1) is 6.92 Å². The van der Waals surface area contributed by atoms with E-state index < -0.39 is 10.0 Å². The van der Waals surface area contributed by atoms with Gasteiger partial charge in [0.2, 0.25) is 10.0 Å². The Bertz CT molecular complexity index is 990. The van der Waals surface area contributed by atoms with Crippen LogP contribution in [-0.2, 0) is 10.0 Å². The van der Waals surface area contributed by atoms with Crippen LogP contribution in [0.3, 0.4) is 0 Å². The maximum absolute atomic E-state index is 12.0. The summed E-state index contributed by atoms with van der Waals surface area (Å²) in [4.78, 5) is 11.7. The van der Waals surface area contributed by atoms with E-state index in [0.29, 0.717) is 5.82 Å². The second kappa shape index (κ2) is 5.06. The van der Waals surface area contributed by atoms with Crippen molar-refractivity contribution in [3.05, 3.63) is 42.4 Å². The van der Waals surface area contributed by atoms with Crippen molar-refractivity contribution >= 4 is 26.7 Å². The van der Waals surface area contributed by atoms with Crippen molar-refractivity contribution in [3.63, 3.8) is 0 Å². The Labute approximate surface area is 134 Å². The minimum Gasteiger partial charge on any atom is -0.354 e. The van der Waals surface area contributed by atoms with E-state index in [4.69, 9.17) is 0 Å². The molecule has 0 aromatic carbocycles. The number of hydrogen-bond donors (Lipinski definition) is 2. The molecule has 0 atom stereocenters. The lowest BCUT2D eigenvalue weighted by Gasteiger charge is -2.05. The van der Waals surface area contributed by atoms with Gasteiger partial charge in [-0.25, -0.2) is 13.4 Å². The van der Waals surface area contributed by atoms with Crippen LogP contribution in [0.5, 0.6) is 0 Å². The number of aromatic amines is 1. The number of sulfonamides is 1. The summed E-state index contributed by atoms with van der Waals surface area (Å²) in [5.41, 5.74) is 3.78. The molecule has 0 aliphatic heterocycles. The van der Waals surface area contributed by atoms with E-state index in [-0.39, 0.29) is 5.25 Å². The average molecular weight is 328 g/mol. The van der Waals surface area contributed by atoms with Crippen molar-refractivity contribution in [1.82, 2.24) is 15.0 Å². The zero-order chi connectivity index (χ0) is 16.0. The lowest BCUT2D eigenvalue weighted by atomic mass is 10.2. The van der Waals surface area contributed by atoms with E-state index in [1.807, 2.05) is 25.1 Å². The van der Waals surface area contributed by atoms with Gasteiger partial charge in [0.05, 0.1) is 10.8 Å². The Morgan fingerprint density at radius 3 is 2.78 bits per heavy atom. The Morgan fingerprint density at radius 1 is 1.22 bits per heavy atom. The van der Waals surface area contributed by atoms with Crippen molar-refractivity contribution in [2.24, 2.45) is 0 Å². The van der Waals surface area contributed by atoms with Gasteiger partial charge in [0.1, 0.15) is 5.82 Å². The molecule has 0 spiro atoms. The van der Waals surface area contributed by atoms with Gasteiger partial charge in [-0.05, 0) is 38.0 Å². The van der Waals surface area contributed by atoms with E-state index in [1.165, 1.54) is 0 Å². The summed E-state index contributed by atoms with van der Waals surface area (Å²) in [5, 5.41) is 0.669. The molecule has 1 saturated carbocycles. The Hall–Kier alpha value is -2.41. The number of aryl methyl sites for hydroxylation is 1. The predicted molar refractivity (Wildman–Crippen MR) is 89.6 cm³/mol. The summed E-state index contributed by atoms with van der Waals surface area (Å²) < 4.78 is 26.6. The quantitative estimate of drug-likeness (QED) is 0.771. The fraction of sp³-hybridized carbons (Fsp3) is 0.250. The van der Waals surface area contributed by atoms with E-state index in [2.05, 4.69) is 19.7 Å². The van der Waals surface area contributed by atoms with Crippen molar-refractivity contribution in [1.29, 1.82) is 0 Å². The third kappa shape index (κ3) is 2.79. The zero-order valence-electron chi connectivity index (χ0n) is 12.6. The molecule has 23 heavy (non-hydrogen) atoms. The van der Waals surface area contributed by atoms with Gasteiger partial charge in [-0.15, -0.1) is 0 Å². The Morgan fingerprint density at radius 2 is 2.04 bits per heavy atom. The predicted octanol–water partition coefficient (Wildman–Crippen LogP) is 2.84. The standard InChI is InChI=1S/C16H16N4O2S/c1-10-6-11(4-5-17-10)14-7-12-9-18-16(8-15(12)19-14)20-23(21,22)13-2-3-13/h4-9,13,19H,2-3H2,1H3,(H,18,20). The molecule has 0 unspecified atom stereocenters. The number of fused-ring (bicyclic) bond motifs is 1. The van der Waals surface area contributed by atoms with Crippen LogP contribution in [0.4, 0.5) is 5.82 Å². The molecule has 4 rings (SSSR count). The first-order chi connectivity index (χ1) is 11.0. The second-order valence-electron chi connectivity index (χ2n) is 5.87. The molecule has 7 heteroatoms. The number of anilines is 1. The molecule has 0 bridgehead atoms. The molecule has 3 heterocycles. The average Bonchev–Trinajstić information content (AvgIpc) is 3.28. The first-order valence-corrected chi connectivity index (χ1v) is 8.99. The van der Waals surface area contributed by atoms with Crippen molar-refractivity contribution in [3.8, 4) is 11.3 Å². The van der Waals surface area contributed by atoms with Gasteiger partial charge in [-0.3, -0.25) is 9.71 Å². The first kappa shape index (κ1) is 14.2. The molecule has 0 amide bonds. The molecule has 118 valence electrons. The maximum Gasteiger partial charge on any atom is 0.236 e. The summed E-state index contributed by atoms with van der Waals surface area (Å²) in [5.74, 6) is 0.351. The fourth-order valence-corrected chi connectivity index (χ4v) is 3.88. The topological polar surface area (TPSA) is 87.7 Å². The number of nitrogens with zero attached hydrogens (tertiary/aromatic N) is 2. The molecule has 0 radical (unpaired) electrons. The van der Waals surface area contributed by atoms with E-state index >= 15 is 0 Å². The van der Waals surface area contributed by atoms with E-state index in [9.17, 15) is 8.42 Å². The van der Waals surface area contributed by atoms with Gasteiger partial charge in [0.15, 0.2) is 0 Å². The van der Waals surface area contributed by atoms with Crippen molar-refractivity contribution < 1.29 is 8.42 Å². The summed E-state index contributed by atoms with van der Waals surface area (Å²) in [6, 6.07) is 7.65.